The van der Waals surface area contributed by atoms with Gasteiger partial charge in [-0.3, -0.25) is 9.59 Å². The van der Waals surface area contributed by atoms with Crippen molar-refractivity contribution in [3.63, 3.8) is 0 Å². The maximum atomic E-state index is 12.7. The highest BCUT2D eigenvalue weighted by molar-refractivity contribution is 5.97. The van der Waals surface area contributed by atoms with Crippen molar-refractivity contribution in [2.75, 3.05) is 31.1 Å². The third-order valence-corrected chi connectivity index (χ3v) is 5.55. The van der Waals surface area contributed by atoms with E-state index >= 15 is 0 Å². The van der Waals surface area contributed by atoms with E-state index < -0.39 is 17.3 Å². The first-order valence-electron chi connectivity index (χ1n) is 8.58. The van der Waals surface area contributed by atoms with E-state index in [1.165, 1.54) is 0 Å². The summed E-state index contributed by atoms with van der Waals surface area (Å²) in [5.41, 5.74) is -0.293. The molecule has 1 N–H and O–H groups in total. The highest BCUT2D eigenvalue weighted by Crippen LogP contribution is 2.45. The lowest BCUT2D eigenvalue weighted by Crippen LogP contribution is -2.41. The summed E-state index contributed by atoms with van der Waals surface area (Å²) in [6.07, 6.45) is 1.63. The van der Waals surface area contributed by atoms with E-state index in [1.807, 2.05) is 36.1 Å². The van der Waals surface area contributed by atoms with E-state index in [-0.39, 0.29) is 19.0 Å². The topological polar surface area (TPSA) is 86.6 Å². The number of hydrogen-bond donors (Lipinski definition) is 1. The first-order valence-corrected chi connectivity index (χ1v) is 8.58. The normalized spacial score (nSPS) is 25.0. The molecule has 0 unspecified atom stereocenters. The molecule has 2 atom stereocenters. The zero-order valence-electron chi connectivity index (χ0n) is 14.6. The number of rotatable bonds is 4. The van der Waals surface area contributed by atoms with Gasteiger partial charge in [-0.25, -0.2) is 0 Å². The number of aliphatic carboxylic acids is 1. The second kappa shape index (κ2) is 5.79. The fraction of sp³-hybridized carbons (Fsp3) is 0.368. The van der Waals surface area contributed by atoms with Gasteiger partial charge in [0, 0.05) is 37.0 Å². The number of fused-ring (bicyclic) bond motifs is 2. The molecule has 0 spiro atoms. The average Bonchev–Trinajstić information content (AvgIpc) is 3.13. The fourth-order valence-electron chi connectivity index (χ4n) is 4.24. The monoisotopic (exact) mass is 352 g/mol. The van der Waals surface area contributed by atoms with Crippen LogP contribution in [0.2, 0.25) is 0 Å². The van der Waals surface area contributed by atoms with Crippen molar-refractivity contribution >= 4 is 28.5 Å². The van der Waals surface area contributed by atoms with E-state index in [9.17, 15) is 14.7 Å². The molecule has 1 aromatic heterocycles. The molecule has 2 fully saturated rings. The molecule has 2 aliphatic rings. The standard InChI is InChI=1S/C19H20N4O3/c1-3-8-22-10-19(18(25)26)11-23(9-15(19)17(22)24)16-14-7-5-4-6-13(14)12(2)20-21-16/h3-7,15H,1,8-11H2,2H3,(H,25,26)/t15-,19+/m0/s1. The molecular weight excluding hydrogens is 332 g/mol. The molecule has 1 aromatic carbocycles. The van der Waals surface area contributed by atoms with Gasteiger partial charge in [-0.15, -0.1) is 11.7 Å². The van der Waals surface area contributed by atoms with E-state index in [2.05, 4.69) is 16.8 Å². The summed E-state index contributed by atoms with van der Waals surface area (Å²) in [7, 11) is 0. The third kappa shape index (κ3) is 2.20. The molecule has 7 heteroatoms. The van der Waals surface area contributed by atoms with Crippen molar-refractivity contribution in [1.29, 1.82) is 0 Å². The number of benzene rings is 1. The van der Waals surface area contributed by atoms with Crippen LogP contribution in [0, 0.1) is 18.3 Å². The van der Waals surface area contributed by atoms with Gasteiger partial charge in [-0.1, -0.05) is 30.3 Å². The van der Waals surface area contributed by atoms with Crippen molar-refractivity contribution in [2.45, 2.75) is 6.92 Å². The number of carbonyl (C=O) groups excluding carboxylic acids is 1. The highest BCUT2D eigenvalue weighted by atomic mass is 16.4. The Hall–Kier alpha value is -2.96. The Morgan fingerprint density at radius 2 is 2.08 bits per heavy atom. The van der Waals surface area contributed by atoms with Crippen molar-refractivity contribution in [2.24, 2.45) is 11.3 Å². The van der Waals surface area contributed by atoms with Gasteiger partial charge in [0.2, 0.25) is 5.91 Å². The summed E-state index contributed by atoms with van der Waals surface area (Å²) in [6, 6.07) is 7.80. The van der Waals surface area contributed by atoms with E-state index in [0.717, 1.165) is 16.5 Å². The maximum absolute atomic E-state index is 12.7. The van der Waals surface area contributed by atoms with Crippen molar-refractivity contribution in [3.05, 3.63) is 42.6 Å². The van der Waals surface area contributed by atoms with Crippen LogP contribution in [0.5, 0.6) is 0 Å². The minimum atomic E-state index is -1.12. The SMILES string of the molecule is C=CCN1C[C@@]2(C(=O)O)CN(c3nnc(C)c4ccccc34)C[C@H]2C1=O. The highest BCUT2D eigenvalue weighted by Gasteiger charge is 2.62. The van der Waals surface area contributed by atoms with E-state index in [0.29, 0.717) is 18.9 Å². The van der Waals surface area contributed by atoms with Crippen LogP contribution in [-0.2, 0) is 9.59 Å². The average molecular weight is 352 g/mol. The molecule has 1 amide bonds. The first kappa shape index (κ1) is 16.5. The summed E-state index contributed by atoms with van der Waals surface area (Å²) >= 11 is 0. The van der Waals surface area contributed by atoms with E-state index in [1.54, 1.807) is 11.0 Å². The van der Waals surface area contributed by atoms with Gasteiger partial charge in [0.05, 0.1) is 11.6 Å². The van der Waals surface area contributed by atoms with Crippen LogP contribution in [0.3, 0.4) is 0 Å². The van der Waals surface area contributed by atoms with Crippen LogP contribution in [-0.4, -0.2) is 58.3 Å². The Bertz CT molecular complexity index is 928. The molecule has 26 heavy (non-hydrogen) atoms. The van der Waals surface area contributed by atoms with Crippen molar-refractivity contribution in [1.82, 2.24) is 15.1 Å². The second-order valence-electron chi connectivity index (χ2n) is 7.06. The predicted molar refractivity (Wildman–Crippen MR) is 96.8 cm³/mol. The minimum Gasteiger partial charge on any atom is -0.481 e. The van der Waals surface area contributed by atoms with Crippen LogP contribution < -0.4 is 4.90 Å². The van der Waals surface area contributed by atoms with Crippen LogP contribution in [0.1, 0.15) is 5.69 Å². The Balaban J connectivity index is 1.75. The lowest BCUT2D eigenvalue weighted by molar-refractivity contribution is -0.149. The van der Waals surface area contributed by atoms with Gasteiger partial charge in [-0.2, -0.15) is 5.10 Å². The van der Waals surface area contributed by atoms with Gasteiger partial charge >= 0.3 is 5.97 Å². The zero-order chi connectivity index (χ0) is 18.5. The number of nitrogens with zero attached hydrogens (tertiary/aromatic N) is 4. The van der Waals surface area contributed by atoms with Gasteiger partial charge in [0.15, 0.2) is 5.82 Å². The van der Waals surface area contributed by atoms with Gasteiger partial charge < -0.3 is 14.9 Å². The lowest BCUT2D eigenvalue weighted by Gasteiger charge is -2.25. The molecule has 2 saturated heterocycles. The predicted octanol–water partition coefficient (Wildman–Crippen LogP) is 1.47. The minimum absolute atomic E-state index is 0.126. The number of aryl methyl sites for hydroxylation is 1. The summed E-state index contributed by atoms with van der Waals surface area (Å²) in [4.78, 5) is 28.3. The second-order valence-corrected chi connectivity index (χ2v) is 7.06. The van der Waals surface area contributed by atoms with Crippen LogP contribution in [0.25, 0.3) is 10.8 Å². The number of carboxylic acid groups (broad SMARTS) is 1. The molecule has 0 bridgehead atoms. The van der Waals surface area contributed by atoms with Gasteiger partial charge in [0.1, 0.15) is 5.41 Å². The lowest BCUT2D eigenvalue weighted by atomic mass is 9.81. The van der Waals surface area contributed by atoms with Crippen LogP contribution in [0.4, 0.5) is 5.82 Å². The molecular formula is C19H20N4O3. The molecule has 2 aliphatic heterocycles. The van der Waals surface area contributed by atoms with Crippen LogP contribution in [0.15, 0.2) is 36.9 Å². The molecule has 0 radical (unpaired) electrons. The number of carboxylic acids is 1. The smallest absolute Gasteiger partial charge is 0.314 e. The Morgan fingerprint density at radius 3 is 2.73 bits per heavy atom. The van der Waals surface area contributed by atoms with Crippen molar-refractivity contribution < 1.29 is 14.7 Å². The first-order chi connectivity index (χ1) is 12.5. The summed E-state index contributed by atoms with van der Waals surface area (Å²) < 4.78 is 0. The number of likely N-dealkylation sites (tertiary alicyclic amines) is 1. The Labute approximate surface area is 150 Å². The molecule has 0 aliphatic carbocycles. The number of carbonyl (C=O) groups is 2. The van der Waals surface area contributed by atoms with Crippen molar-refractivity contribution in [3.8, 4) is 0 Å². The number of aromatic nitrogens is 2. The van der Waals surface area contributed by atoms with Gasteiger partial charge in [-0.05, 0) is 6.92 Å². The van der Waals surface area contributed by atoms with Crippen LogP contribution >= 0.6 is 0 Å². The quantitative estimate of drug-likeness (QED) is 0.839. The molecule has 3 heterocycles. The molecule has 7 nitrogen and oxygen atoms in total. The Morgan fingerprint density at radius 1 is 1.35 bits per heavy atom. The number of anilines is 1. The molecule has 4 rings (SSSR count). The number of hydrogen-bond acceptors (Lipinski definition) is 5. The van der Waals surface area contributed by atoms with Gasteiger partial charge in [0.25, 0.3) is 0 Å². The largest absolute Gasteiger partial charge is 0.481 e. The van der Waals surface area contributed by atoms with E-state index in [4.69, 9.17) is 0 Å². The molecule has 2 aromatic rings. The summed E-state index contributed by atoms with van der Waals surface area (Å²) in [6.45, 7) is 6.70. The molecule has 0 saturated carbocycles. The molecule has 134 valence electrons. The summed E-state index contributed by atoms with van der Waals surface area (Å²) in [5.74, 6) is -1.00. The fourth-order valence-corrected chi connectivity index (χ4v) is 4.24. The number of amides is 1. The Kier molecular flexibility index (Phi) is 3.68. The summed E-state index contributed by atoms with van der Waals surface area (Å²) in [5, 5.41) is 20.4. The zero-order valence-corrected chi connectivity index (χ0v) is 14.6. The third-order valence-electron chi connectivity index (χ3n) is 5.55. The maximum Gasteiger partial charge on any atom is 0.314 e.